The summed E-state index contributed by atoms with van der Waals surface area (Å²) in [5.74, 6) is -18.4. The molecule has 3 heterocycles. The lowest BCUT2D eigenvalue weighted by Crippen LogP contribution is -2.53. The number of ketones is 2. The minimum Gasteiger partial charge on any atom is -0.463 e. The summed E-state index contributed by atoms with van der Waals surface area (Å²) in [5, 5.41) is 11.6. The molecule has 33 heteroatoms. The lowest BCUT2D eigenvalue weighted by atomic mass is 9.84. The summed E-state index contributed by atoms with van der Waals surface area (Å²) in [6.07, 6.45) is 0.390. The summed E-state index contributed by atoms with van der Waals surface area (Å²) in [5.41, 5.74) is -1.23. The van der Waals surface area contributed by atoms with E-state index in [1.54, 1.807) is 0 Å². The molecule has 4 amide bonds. The molecule has 0 bridgehead atoms. The van der Waals surface area contributed by atoms with Crippen molar-refractivity contribution in [1.82, 2.24) is 21.3 Å². The van der Waals surface area contributed by atoms with Crippen molar-refractivity contribution in [2.45, 2.75) is 299 Å². The Morgan fingerprint density at radius 1 is 0.372 bits per heavy atom. The number of unbranched alkanes of at least 4 members (excludes halogenated alkanes) is 10. The highest BCUT2D eigenvalue weighted by Gasteiger charge is 2.47. The second kappa shape index (κ2) is 52.3. The first-order valence-electron chi connectivity index (χ1n) is 40.0. The van der Waals surface area contributed by atoms with Crippen LogP contribution < -0.4 is 21.3 Å². The molecular weight excluding hydrogens is 1500 g/mol. The van der Waals surface area contributed by atoms with Crippen LogP contribution in [-0.2, 0) is 121 Å². The van der Waals surface area contributed by atoms with Crippen LogP contribution in [0.5, 0.6) is 0 Å². The Hall–Kier alpha value is -7.33. The predicted octanol–water partition coefficient (Wildman–Crippen LogP) is 10.0. The van der Waals surface area contributed by atoms with Gasteiger partial charge in [-0.15, -0.1) is 0 Å². The van der Waals surface area contributed by atoms with Crippen LogP contribution in [0.4, 0.5) is 22.0 Å². The number of amides is 4. The van der Waals surface area contributed by atoms with Gasteiger partial charge >= 0.3 is 35.8 Å². The number of benzene rings is 1. The first kappa shape index (κ1) is 98.0. The number of hydrogen-bond donors (Lipinski definition) is 4. The summed E-state index contributed by atoms with van der Waals surface area (Å²) in [4.78, 5) is 152. The lowest BCUT2D eigenvalue weighted by Gasteiger charge is -2.43. The molecule has 113 heavy (non-hydrogen) atoms. The molecule has 3 aliphatic rings. The van der Waals surface area contributed by atoms with E-state index in [-0.39, 0.29) is 145 Å². The number of halogens is 5. The molecule has 17 atom stereocenters. The maximum absolute atomic E-state index is 14.6. The van der Waals surface area contributed by atoms with Crippen LogP contribution in [0.2, 0.25) is 0 Å². The number of carbonyl (C=O) groups excluding carboxylic acids is 12. The van der Waals surface area contributed by atoms with Crippen molar-refractivity contribution in [1.29, 1.82) is 0 Å². The van der Waals surface area contributed by atoms with Crippen molar-refractivity contribution < 1.29 is 136 Å². The van der Waals surface area contributed by atoms with Crippen molar-refractivity contribution >= 4 is 71.0 Å². The van der Waals surface area contributed by atoms with Crippen molar-refractivity contribution in [3.05, 3.63) is 34.6 Å². The van der Waals surface area contributed by atoms with Crippen LogP contribution >= 0.6 is 0 Å². The average molecular weight is 1620 g/mol. The molecule has 3 fully saturated rings. The van der Waals surface area contributed by atoms with Gasteiger partial charge in [-0.2, -0.15) is 0 Å². The smallest absolute Gasteiger partial charge is 0.303 e. The molecule has 3 aliphatic heterocycles. The fraction of sp³-hybridized carbons (Fsp3) is 0.775. The van der Waals surface area contributed by atoms with Gasteiger partial charge in [0.05, 0.1) is 6.04 Å². The maximum Gasteiger partial charge on any atom is 0.303 e. The Morgan fingerprint density at radius 3 is 1.09 bits per heavy atom. The van der Waals surface area contributed by atoms with Gasteiger partial charge < -0.3 is 78.1 Å². The standard InChI is InChI=1S/C80H123F5N4O24/c1-46-49(4)78(111-63(43-105-52(7)90)74(46)108-55(10)93)102-38-26-14-18-32-66(98)86-35-24-21-29-58(77(101)88-37-23-13-17-30-59(96)42-60-69(81)71(83)73(85)72(84)70(60)82)41-62(97)61(89-68(100)34-20-16-28-40-104-80-51(6)48(3)76(110-57(12)95)65(113-80)45-107-54(9)92)31-22-25-36-87-67(99)33-19-15-27-39-103-79-50(5)47(2)75(109-56(11)94)64(112-79)44-106-53(8)91/h46-51,58,61,63-65,74-76,78-80H,13-45H2,1-12H3,(H,86,98)(H,87,99)(H,88,101)(H,89,100). The molecule has 642 valence electrons. The van der Waals surface area contributed by atoms with Gasteiger partial charge in [-0.25, -0.2) is 22.0 Å². The third kappa shape index (κ3) is 35.8. The highest BCUT2D eigenvalue weighted by molar-refractivity contribution is 5.92. The fourth-order valence-corrected chi connectivity index (χ4v) is 13.8. The Labute approximate surface area is 660 Å². The highest BCUT2D eigenvalue weighted by Crippen LogP contribution is 2.37. The molecule has 0 saturated carbocycles. The van der Waals surface area contributed by atoms with Crippen molar-refractivity contribution in [2.75, 3.05) is 59.3 Å². The largest absolute Gasteiger partial charge is 0.463 e. The number of ether oxygens (including phenoxy) is 12. The second-order valence-electron chi connectivity index (χ2n) is 30.0. The number of rotatable bonds is 53. The molecular formula is C80H123F5N4O24. The van der Waals surface area contributed by atoms with Gasteiger partial charge in [0, 0.05) is 167 Å². The molecule has 28 nitrogen and oxygen atoms in total. The van der Waals surface area contributed by atoms with E-state index in [1.807, 2.05) is 41.5 Å². The van der Waals surface area contributed by atoms with E-state index < -0.39 is 168 Å². The summed E-state index contributed by atoms with van der Waals surface area (Å²) in [6, 6.07) is -1.05. The first-order valence-corrected chi connectivity index (χ1v) is 40.0. The van der Waals surface area contributed by atoms with Crippen LogP contribution in [0, 0.1) is 70.5 Å². The van der Waals surface area contributed by atoms with Crippen LogP contribution in [0.3, 0.4) is 0 Å². The van der Waals surface area contributed by atoms with E-state index in [9.17, 15) is 79.5 Å². The SMILES string of the molecule is CC(=O)OCC1OC(OCCCCCC(=O)NCCCCC(CC(=O)C(CCCCNC(=O)CCCCCOC2OC(COC(C)=O)C(OC(C)=O)C(C)C2C)NC(=O)CCCCCOC2OC(COC(C)=O)C(OC(C)=O)C(C)C2C)C(=O)NCCCCCC(=O)Cc2c(F)c(F)c(F)c(F)c2F)C(C)C(C)C1OC(C)=O. The minimum atomic E-state index is -2.34. The van der Waals surface area contributed by atoms with Crippen molar-refractivity contribution in [3.8, 4) is 0 Å². The zero-order valence-corrected chi connectivity index (χ0v) is 67.8. The molecule has 0 aromatic heterocycles. The molecule has 0 radical (unpaired) electrons. The normalized spacial score (nSPS) is 24.0. The summed E-state index contributed by atoms with van der Waals surface area (Å²) in [6.45, 7) is 20.2. The highest BCUT2D eigenvalue weighted by atomic mass is 19.2. The van der Waals surface area contributed by atoms with Gasteiger partial charge in [-0.05, 0) is 83.5 Å². The van der Waals surface area contributed by atoms with Crippen LogP contribution in [0.1, 0.15) is 236 Å². The number of esters is 6. The monoisotopic (exact) mass is 1620 g/mol. The second-order valence-corrected chi connectivity index (χ2v) is 30.0. The Kier molecular flexibility index (Phi) is 45.4. The predicted molar refractivity (Wildman–Crippen MR) is 396 cm³/mol. The third-order valence-corrected chi connectivity index (χ3v) is 20.8. The number of carbonyl (C=O) groups is 12. The summed E-state index contributed by atoms with van der Waals surface area (Å²) < 4.78 is 139. The van der Waals surface area contributed by atoms with Crippen LogP contribution in [0.25, 0.3) is 0 Å². The third-order valence-electron chi connectivity index (χ3n) is 20.8. The molecule has 0 aliphatic carbocycles. The maximum atomic E-state index is 14.6. The summed E-state index contributed by atoms with van der Waals surface area (Å²) >= 11 is 0. The van der Waals surface area contributed by atoms with Crippen LogP contribution in [-0.4, -0.2) is 192 Å². The zero-order valence-electron chi connectivity index (χ0n) is 67.8. The lowest BCUT2D eigenvalue weighted by molar-refractivity contribution is -0.273. The molecule has 0 spiro atoms. The Morgan fingerprint density at radius 2 is 0.708 bits per heavy atom. The minimum absolute atomic E-state index is 0.0291. The van der Waals surface area contributed by atoms with E-state index >= 15 is 0 Å². The molecule has 17 unspecified atom stereocenters. The van der Waals surface area contributed by atoms with E-state index in [1.165, 1.54) is 41.5 Å². The fourth-order valence-electron chi connectivity index (χ4n) is 13.8. The van der Waals surface area contributed by atoms with Gasteiger partial charge in [0.15, 0.2) is 47.9 Å². The van der Waals surface area contributed by atoms with E-state index in [0.717, 1.165) is 0 Å². The van der Waals surface area contributed by atoms with Gasteiger partial charge in [0.2, 0.25) is 29.4 Å². The van der Waals surface area contributed by atoms with Crippen molar-refractivity contribution in [2.24, 2.45) is 41.4 Å². The molecule has 1 aromatic rings. The Balaban J connectivity index is 1.37. The zero-order chi connectivity index (χ0) is 83.9. The topological polar surface area (TPSA) is 364 Å². The van der Waals surface area contributed by atoms with E-state index in [4.69, 9.17) is 56.8 Å². The van der Waals surface area contributed by atoms with Gasteiger partial charge in [0.25, 0.3) is 0 Å². The van der Waals surface area contributed by atoms with E-state index in [2.05, 4.69) is 21.3 Å². The first-order chi connectivity index (χ1) is 53.6. The van der Waals surface area contributed by atoms with E-state index in [0.29, 0.717) is 110 Å². The summed E-state index contributed by atoms with van der Waals surface area (Å²) in [7, 11) is 0. The quantitative estimate of drug-likeness (QED) is 0.0118. The number of hydrogen-bond acceptors (Lipinski definition) is 24. The molecule has 1 aromatic carbocycles. The number of nitrogens with one attached hydrogen (secondary N) is 4. The van der Waals surface area contributed by atoms with Gasteiger partial charge in [-0.3, -0.25) is 57.5 Å². The average Bonchev–Trinajstić information content (AvgIpc) is 0.813. The number of Topliss-reactive ketones (excluding diaryl/α,β-unsaturated/α-hetero) is 2. The van der Waals surface area contributed by atoms with Crippen molar-refractivity contribution in [3.63, 3.8) is 0 Å². The molecule has 4 N–H and O–H groups in total. The Bertz CT molecular complexity index is 3200. The van der Waals surface area contributed by atoms with Gasteiger partial charge in [0.1, 0.15) is 62.2 Å². The van der Waals surface area contributed by atoms with Gasteiger partial charge in [-0.1, -0.05) is 73.6 Å². The molecule has 4 rings (SSSR count). The molecule has 3 saturated heterocycles. The van der Waals surface area contributed by atoms with Crippen LogP contribution in [0.15, 0.2) is 0 Å².